The Kier molecular flexibility index (Phi) is 6.23. The molecule has 1 aliphatic rings. The first kappa shape index (κ1) is 24.6. The van der Waals surface area contributed by atoms with E-state index >= 15 is 0 Å². The molecule has 0 bridgehead atoms. The predicted molar refractivity (Wildman–Crippen MR) is 126 cm³/mol. The summed E-state index contributed by atoms with van der Waals surface area (Å²) in [7, 11) is 0. The number of alkyl halides is 3. The van der Waals surface area contributed by atoms with E-state index in [-0.39, 0.29) is 17.4 Å². The number of tetrazole rings is 1. The maximum absolute atomic E-state index is 14.3. The van der Waals surface area contributed by atoms with Crippen molar-refractivity contribution >= 4 is 11.5 Å². The number of likely N-dealkylation sites (tertiary alicyclic amines) is 1. The first-order chi connectivity index (χ1) is 17.6. The second-order valence-electron chi connectivity index (χ2n) is 8.99. The molecule has 2 aromatic heterocycles. The number of rotatable bonds is 6. The topological polar surface area (TPSA) is 105 Å². The molecule has 3 heterocycles. The smallest absolute Gasteiger partial charge is 0.333 e. The van der Waals surface area contributed by atoms with Crippen LogP contribution in [-0.4, -0.2) is 48.2 Å². The predicted octanol–water partition coefficient (Wildman–Crippen LogP) is 3.86. The molecule has 2 aromatic carbocycles. The summed E-state index contributed by atoms with van der Waals surface area (Å²) in [5, 5.41) is 16.7. The van der Waals surface area contributed by atoms with Gasteiger partial charge in [0.15, 0.2) is 11.6 Å². The van der Waals surface area contributed by atoms with Crippen LogP contribution in [-0.2, 0) is 12.7 Å². The van der Waals surface area contributed by atoms with Gasteiger partial charge in [-0.25, -0.2) is 9.37 Å². The Morgan fingerprint density at radius 1 is 1.14 bits per heavy atom. The Morgan fingerprint density at radius 3 is 2.49 bits per heavy atom. The Morgan fingerprint density at radius 2 is 1.86 bits per heavy atom. The Balaban J connectivity index is 1.35. The van der Waals surface area contributed by atoms with Gasteiger partial charge in [-0.1, -0.05) is 5.21 Å². The second kappa shape index (κ2) is 9.39. The van der Waals surface area contributed by atoms with Crippen LogP contribution in [0.25, 0.3) is 5.69 Å². The number of hydrogen-bond donors (Lipinski definition) is 2. The van der Waals surface area contributed by atoms with E-state index in [4.69, 9.17) is 0 Å². The van der Waals surface area contributed by atoms with Crippen LogP contribution < -0.4 is 10.9 Å². The summed E-state index contributed by atoms with van der Waals surface area (Å²) in [6, 6.07) is 5.79. The fourth-order valence-corrected chi connectivity index (χ4v) is 4.41. The van der Waals surface area contributed by atoms with Gasteiger partial charge >= 0.3 is 6.18 Å². The molecule has 192 valence electrons. The van der Waals surface area contributed by atoms with Crippen molar-refractivity contribution < 1.29 is 17.6 Å². The van der Waals surface area contributed by atoms with Crippen LogP contribution in [0.3, 0.4) is 0 Å². The molecular formula is C24H22F4N8O. The largest absolute Gasteiger partial charge is 0.416 e. The van der Waals surface area contributed by atoms with Crippen molar-refractivity contribution in [2.45, 2.75) is 32.5 Å². The molecule has 1 aliphatic heterocycles. The van der Waals surface area contributed by atoms with Gasteiger partial charge in [0, 0.05) is 43.6 Å². The maximum Gasteiger partial charge on any atom is 0.416 e. The fourth-order valence-electron chi connectivity index (χ4n) is 4.41. The van der Waals surface area contributed by atoms with E-state index in [0.717, 1.165) is 48.5 Å². The summed E-state index contributed by atoms with van der Waals surface area (Å²) in [4.78, 5) is 19.3. The zero-order valence-electron chi connectivity index (χ0n) is 19.8. The van der Waals surface area contributed by atoms with Crippen LogP contribution in [0.2, 0.25) is 0 Å². The van der Waals surface area contributed by atoms with Crippen molar-refractivity contribution in [3.8, 4) is 5.69 Å². The van der Waals surface area contributed by atoms with Gasteiger partial charge < -0.3 is 5.32 Å². The summed E-state index contributed by atoms with van der Waals surface area (Å²) in [5.41, 5.74) is 1.74. The van der Waals surface area contributed by atoms with E-state index in [0.29, 0.717) is 17.6 Å². The van der Waals surface area contributed by atoms with Gasteiger partial charge in [0.1, 0.15) is 5.82 Å². The fraction of sp³-hybridized carbons (Fsp3) is 0.292. The quantitative estimate of drug-likeness (QED) is 0.377. The molecule has 37 heavy (non-hydrogen) atoms. The number of hydrogen-bond acceptors (Lipinski definition) is 7. The van der Waals surface area contributed by atoms with Crippen molar-refractivity contribution in [2.75, 3.05) is 18.4 Å². The van der Waals surface area contributed by atoms with Gasteiger partial charge in [0.05, 0.1) is 11.3 Å². The first-order valence-corrected chi connectivity index (χ1v) is 11.4. The zero-order valence-corrected chi connectivity index (χ0v) is 19.8. The number of halogens is 4. The second-order valence-corrected chi connectivity index (χ2v) is 8.99. The molecule has 2 N–H and O–H groups in total. The molecule has 0 saturated carbocycles. The van der Waals surface area contributed by atoms with Gasteiger partial charge in [0.25, 0.3) is 5.56 Å². The van der Waals surface area contributed by atoms with Crippen LogP contribution in [0.15, 0.2) is 47.5 Å². The van der Waals surface area contributed by atoms with Crippen LogP contribution in [0, 0.1) is 19.7 Å². The van der Waals surface area contributed by atoms with E-state index in [1.165, 1.54) is 17.0 Å². The SMILES string of the molecule is Cc1cc(-n2ccnc(Nc3ccc(C(F)(F)F)cc3F)c2=O)cc(C)c1CN1CC(c2nn[nH]n2)C1. The normalized spacial score (nSPS) is 14.5. The van der Waals surface area contributed by atoms with Crippen molar-refractivity contribution in [2.24, 2.45) is 0 Å². The van der Waals surface area contributed by atoms with Crippen molar-refractivity contribution in [3.05, 3.63) is 87.0 Å². The third kappa shape index (κ3) is 4.94. The van der Waals surface area contributed by atoms with Gasteiger partial charge in [0.2, 0.25) is 0 Å². The number of nitrogens with zero attached hydrogens (tertiary/aromatic N) is 6. The first-order valence-electron chi connectivity index (χ1n) is 11.4. The standard InChI is InChI=1S/C24H22F4N8O/c1-13-7-17(8-14(2)18(13)12-35-10-15(11-35)21-31-33-34-32-21)36-6-5-29-22(23(36)37)30-20-4-3-16(9-19(20)25)24(26,27)28/h3-9,15H,10-12H2,1-2H3,(H,29,30)(H,31,32,33,34). The number of aromatic nitrogens is 6. The molecule has 0 spiro atoms. The molecule has 1 saturated heterocycles. The van der Waals surface area contributed by atoms with Gasteiger partial charge in [-0.15, -0.1) is 10.2 Å². The summed E-state index contributed by atoms with van der Waals surface area (Å²) >= 11 is 0. The van der Waals surface area contributed by atoms with Crippen LogP contribution in [0.5, 0.6) is 0 Å². The molecule has 0 amide bonds. The summed E-state index contributed by atoms with van der Waals surface area (Å²) in [6.45, 7) is 6.30. The monoisotopic (exact) mass is 514 g/mol. The highest BCUT2D eigenvalue weighted by Crippen LogP contribution is 2.32. The zero-order chi connectivity index (χ0) is 26.3. The van der Waals surface area contributed by atoms with Crippen molar-refractivity contribution in [1.29, 1.82) is 0 Å². The van der Waals surface area contributed by atoms with Crippen LogP contribution >= 0.6 is 0 Å². The lowest BCUT2D eigenvalue weighted by Crippen LogP contribution is -2.44. The number of nitrogens with one attached hydrogen (secondary N) is 2. The molecule has 1 fully saturated rings. The van der Waals surface area contributed by atoms with Crippen LogP contribution in [0.4, 0.5) is 29.1 Å². The minimum absolute atomic E-state index is 0.214. The van der Waals surface area contributed by atoms with Crippen molar-refractivity contribution in [3.63, 3.8) is 0 Å². The summed E-state index contributed by atoms with van der Waals surface area (Å²) in [5.74, 6) is -0.407. The molecule has 0 aliphatic carbocycles. The minimum atomic E-state index is -4.68. The van der Waals surface area contributed by atoms with Gasteiger partial charge in [-0.2, -0.15) is 18.4 Å². The number of aryl methyl sites for hydroxylation is 2. The maximum atomic E-state index is 14.3. The van der Waals surface area contributed by atoms with Gasteiger partial charge in [-0.3, -0.25) is 14.3 Å². The van der Waals surface area contributed by atoms with Crippen LogP contribution in [0.1, 0.15) is 34.0 Å². The summed E-state index contributed by atoms with van der Waals surface area (Å²) in [6.07, 6.45) is -1.83. The minimum Gasteiger partial charge on any atom is -0.333 e. The third-order valence-electron chi connectivity index (χ3n) is 6.41. The molecule has 9 nitrogen and oxygen atoms in total. The highest BCUT2D eigenvalue weighted by Gasteiger charge is 2.32. The van der Waals surface area contributed by atoms with E-state index < -0.39 is 23.1 Å². The van der Waals surface area contributed by atoms with E-state index in [2.05, 4.69) is 35.8 Å². The lowest BCUT2D eigenvalue weighted by molar-refractivity contribution is -0.137. The molecule has 0 unspecified atom stereocenters. The average molecular weight is 514 g/mol. The highest BCUT2D eigenvalue weighted by molar-refractivity contribution is 5.57. The number of anilines is 2. The highest BCUT2D eigenvalue weighted by atomic mass is 19.4. The Hall–Kier alpha value is -4.13. The molecule has 5 rings (SSSR count). The Bertz CT molecular complexity index is 1470. The average Bonchev–Trinajstić information content (AvgIpc) is 3.33. The summed E-state index contributed by atoms with van der Waals surface area (Å²) < 4.78 is 54.1. The number of benzene rings is 2. The molecular weight excluding hydrogens is 492 g/mol. The van der Waals surface area contributed by atoms with Crippen molar-refractivity contribution in [1.82, 2.24) is 35.1 Å². The third-order valence-corrected chi connectivity index (χ3v) is 6.41. The number of H-pyrrole nitrogens is 1. The molecule has 0 atom stereocenters. The van der Waals surface area contributed by atoms with Gasteiger partial charge in [-0.05, 0) is 60.9 Å². The lowest BCUT2D eigenvalue weighted by Gasteiger charge is -2.38. The molecule has 0 radical (unpaired) electrons. The molecule has 4 aromatic rings. The van der Waals surface area contributed by atoms with E-state index in [9.17, 15) is 22.4 Å². The van der Waals surface area contributed by atoms with E-state index in [1.807, 2.05) is 26.0 Å². The van der Waals surface area contributed by atoms with E-state index in [1.54, 1.807) is 0 Å². The lowest BCUT2D eigenvalue weighted by atomic mass is 9.95. The Labute approximate surface area is 208 Å². The molecule has 13 heteroatoms. The number of aromatic amines is 1.